The summed E-state index contributed by atoms with van der Waals surface area (Å²) in [5.41, 5.74) is 0.869. The van der Waals surface area contributed by atoms with Crippen LogP contribution < -0.4 is 5.32 Å². The third kappa shape index (κ3) is 4.65. The minimum Gasteiger partial charge on any atom is -0.355 e. The van der Waals surface area contributed by atoms with Crippen molar-refractivity contribution in [2.75, 3.05) is 5.32 Å². The average Bonchev–Trinajstić information content (AvgIpc) is 2.63. The number of nitrogens with one attached hydrogen (secondary N) is 1. The zero-order chi connectivity index (χ0) is 21.2. The van der Waals surface area contributed by atoms with E-state index in [2.05, 4.69) is 11.9 Å². The summed E-state index contributed by atoms with van der Waals surface area (Å²) in [6, 6.07) is 13.8. The van der Waals surface area contributed by atoms with Gasteiger partial charge in [-0.2, -0.15) is 13.2 Å². The molecule has 0 saturated carbocycles. The second kappa shape index (κ2) is 8.07. The normalized spacial score (nSPS) is 11.4. The van der Waals surface area contributed by atoms with Crippen LogP contribution in [0.1, 0.15) is 27.8 Å². The Kier molecular flexibility index (Phi) is 5.73. The molecule has 3 rings (SSSR count). The van der Waals surface area contributed by atoms with E-state index < -0.39 is 23.4 Å². The second-order valence-electron chi connectivity index (χ2n) is 6.67. The Morgan fingerprint density at radius 1 is 0.897 bits per heavy atom. The van der Waals surface area contributed by atoms with Gasteiger partial charge in [-0.15, -0.1) is 0 Å². The summed E-state index contributed by atoms with van der Waals surface area (Å²) in [4.78, 5) is 0. The van der Waals surface area contributed by atoms with E-state index in [1.54, 1.807) is 19.1 Å². The summed E-state index contributed by atoms with van der Waals surface area (Å²) in [5, 5.41) is 2.85. The molecule has 29 heavy (non-hydrogen) atoms. The van der Waals surface area contributed by atoms with Crippen LogP contribution in [-0.2, 0) is 12.6 Å². The highest BCUT2D eigenvalue weighted by molar-refractivity contribution is 5.77. The van der Waals surface area contributed by atoms with E-state index in [0.717, 1.165) is 12.1 Å². The first-order valence-corrected chi connectivity index (χ1v) is 8.81. The maximum Gasteiger partial charge on any atom is 0.416 e. The molecule has 0 aliphatic rings. The zero-order valence-electron chi connectivity index (χ0n) is 15.6. The fourth-order valence-electron chi connectivity index (χ4n) is 3.18. The molecule has 3 aromatic rings. The number of hydrogen-bond acceptors (Lipinski definition) is 1. The van der Waals surface area contributed by atoms with Crippen molar-refractivity contribution in [3.05, 3.63) is 107 Å². The van der Waals surface area contributed by atoms with Gasteiger partial charge in [-0.25, -0.2) is 8.78 Å². The van der Waals surface area contributed by atoms with Crippen molar-refractivity contribution >= 4 is 11.4 Å². The maximum atomic E-state index is 14.6. The first kappa shape index (κ1) is 20.6. The van der Waals surface area contributed by atoms with Crippen LogP contribution in [-0.4, -0.2) is 0 Å². The molecule has 0 amide bonds. The summed E-state index contributed by atoms with van der Waals surface area (Å²) in [6.07, 6.45) is -4.71. The van der Waals surface area contributed by atoms with E-state index in [1.807, 2.05) is 0 Å². The molecule has 0 aromatic heterocycles. The van der Waals surface area contributed by atoms with E-state index in [0.29, 0.717) is 11.3 Å². The molecule has 0 atom stereocenters. The lowest BCUT2D eigenvalue weighted by molar-refractivity contribution is -0.138. The molecule has 1 N–H and O–H groups in total. The monoisotopic (exact) mass is 403 g/mol. The molecular weight excluding hydrogens is 385 g/mol. The van der Waals surface area contributed by atoms with Gasteiger partial charge < -0.3 is 5.32 Å². The Balaban J connectivity index is 1.82. The van der Waals surface area contributed by atoms with Gasteiger partial charge in [-0.1, -0.05) is 43.0 Å². The lowest BCUT2D eigenvalue weighted by atomic mass is 9.98. The van der Waals surface area contributed by atoms with Crippen LogP contribution in [0.2, 0.25) is 0 Å². The average molecular weight is 403 g/mol. The van der Waals surface area contributed by atoms with Gasteiger partial charge in [-0.05, 0) is 47.9 Å². The number of rotatable bonds is 5. The molecular formula is C23H18F5N. The van der Waals surface area contributed by atoms with E-state index in [4.69, 9.17) is 0 Å². The van der Waals surface area contributed by atoms with Crippen LogP contribution in [0, 0.1) is 18.6 Å². The van der Waals surface area contributed by atoms with Crippen LogP contribution in [0.25, 0.3) is 5.70 Å². The van der Waals surface area contributed by atoms with E-state index in [-0.39, 0.29) is 28.8 Å². The Labute approximate surface area is 165 Å². The molecule has 0 unspecified atom stereocenters. The van der Waals surface area contributed by atoms with E-state index in [9.17, 15) is 22.0 Å². The zero-order valence-corrected chi connectivity index (χ0v) is 15.6. The standard InChI is InChI=1S/C23H18F5N/c1-14-6-5-9-20(24)22(14)15(2)29-18-11-10-17(21(25)13-18)12-16-7-3-4-8-19(16)23(26,27)28/h3-11,13,29H,2,12H2,1H3. The van der Waals surface area contributed by atoms with Crippen molar-refractivity contribution < 1.29 is 22.0 Å². The SMILES string of the molecule is C=C(Nc1ccc(Cc2ccccc2C(F)(F)F)c(F)c1)c1c(C)cccc1F. The lowest BCUT2D eigenvalue weighted by Gasteiger charge is -2.15. The highest BCUT2D eigenvalue weighted by Gasteiger charge is 2.32. The van der Waals surface area contributed by atoms with E-state index in [1.165, 1.54) is 36.4 Å². The number of aryl methyl sites for hydroxylation is 1. The topological polar surface area (TPSA) is 12.0 Å². The highest BCUT2D eigenvalue weighted by Crippen LogP contribution is 2.33. The first-order valence-electron chi connectivity index (χ1n) is 8.81. The largest absolute Gasteiger partial charge is 0.416 e. The second-order valence-corrected chi connectivity index (χ2v) is 6.67. The van der Waals surface area contributed by atoms with Crippen molar-refractivity contribution in [2.24, 2.45) is 0 Å². The predicted molar refractivity (Wildman–Crippen MR) is 104 cm³/mol. The van der Waals surface area contributed by atoms with Crippen molar-refractivity contribution in [1.82, 2.24) is 0 Å². The molecule has 6 heteroatoms. The Hall–Kier alpha value is -3.15. The fraction of sp³-hybridized carbons (Fsp3) is 0.130. The van der Waals surface area contributed by atoms with Crippen LogP contribution in [0.5, 0.6) is 0 Å². The fourth-order valence-corrected chi connectivity index (χ4v) is 3.18. The molecule has 0 heterocycles. The number of hydrogen-bond donors (Lipinski definition) is 1. The van der Waals surface area contributed by atoms with Gasteiger partial charge >= 0.3 is 6.18 Å². The Morgan fingerprint density at radius 2 is 1.62 bits per heavy atom. The lowest BCUT2D eigenvalue weighted by Crippen LogP contribution is -2.10. The molecule has 150 valence electrons. The van der Waals surface area contributed by atoms with Crippen molar-refractivity contribution in [1.29, 1.82) is 0 Å². The number of benzene rings is 3. The molecule has 0 radical (unpaired) electrons. The van der Waals surface area contributed by atoms with Gasteiger partial charge in [0.2, 0.25) is 0 Å². The van der Waals surface area contributed by atoms with Crippen LogP contribution >= 0.6 is 0 Å². The van der Waals surface area contributed by atoms with Gasteiger partial charge in [0.25, 0.3) is 0 Å². The predicted octanol–water partition coefficient (Wildman–Crippen LogP) is 6.97. The number of alkyl halides is 3. The van der Waals surface area contributed by atoms with Crippen molar-refractivity contribution in [3.8, 4) is 0 Å². The molecule has 0 bridgehead atoms. The Morgan fingerprint density at radius 3 is 2.28 bits per heavy atom. The molecule has 0 fully saturated rings. The summed E-state index contributed by atoms with van der Waals surface area (Å²) >= 11 is 0. The molecule has 3 aromatic carbocycles. The molecule has 0 aliphatic carbocycles. The summed E-state index contributed by atoms with van der Waals surface area (Å²) in [5.74, 6) is -1.12. The van der Waals surface area contributed by atoms with Gasteiger partial charge in [-0.3, -0.25) is 0 Å². The van der Waals surface area contributed by atoms with Crippen LogP contribution in [0.4, 0.5) is 27.6 Å². The van der Waals surface area contributed by atoms with Crippen molar-refractivity contribution in [3.63, 3.8) is 0 Å². The molecule has 0 saturated heterocycles. The smallest absolute Gasteiger partial charge is 0.355 e. The van der Waals surface area contributed by atoms with Crippen molar-refractivity contribution in [2.45, 2.75) is 19.5 Å². The van der Waals surface area contributed by atoms with Crippen LogP contribution in [0.15, 0.2) is 67.2 Å². The van der Waals surface area contributed by atoms with Gasteiger partial charge in [0.15, 0.2) is 0 Å². The minimum absolute atomic E-state index is 0.00833. The quantitative estimate of drug-likeness (QED) is 0.454. The first-order chi connectivity index (χ1) is 13.7. The summed E-state index contributed by atoms with van der Waals surface area (Å²) in [7, 11) is 0. The maximum absolute atomic E-state index is 14.6. The van der Waals surface area contributed by atoms with Gasteiger partial charge in [0.05, 0.1) is 5.56 Å². The number of halogens is 5. The molecule has 0 spiro atoms. The third-order valence-electron chi connectivity index (χ3n) is 4.58. The summed E-state index contributed by atoms with van der Waals surface area (Å²) in [6.45, 7) is 5.53. The highest BCUT2D eigenvalue weighted by atomic mass is 19.4. The third-order valence-corrected chi connectivity index (χ3v) is 4.58. The molecule has 0 aliphatic heterocycles. The van der Waals surface area contributed by atoms with Gasteiger partial charge in [0, 0.05) is 23.4 Å². The Bertz CT molecular complexity index is 1030. The number of anilines is 1. The van der Waals surface area contributed by atoms with Crippen LogP contribution in [0.3, 0.4) is 0 Å². The molecule has 1 nitrogen and oxygen atoms in total. The van der Waals surface area contributed by atoms with Gasteiger partial charge in [0.1, 0.15) is 11.6 Å². The minimum atomic E-state index is -4.51. The van der Waals surface area contributed by atoms with E-state index >= 15 is 0 Å². The summed E-state index contributed by atoms with van der Waals surface area (Å²) < 4.78 is 68.0.